The van der Waals surface area contributed by atoms with Gasteiger partial charge in [0.2, 0.25) is 0 Å². The molecular weight excluding hydrogens is 347 g/mol. The highest BCUT2D eigenvalue weighted by molar-refractivity contribution is 14.1. The summed E-state index contributed by atoms with van der Waals surface area (Å²) in [5, 5.41) is 8.80. The monoisotopic (exact) mass is 362 g/mol. The Kier molecular flexibility index (Phi) is 6.52. The Morgan fingerprint density at radius 2 is 2.29 bits per heavy atom. The zero-order valence-corrected chi connectivity index (χ0v) is 12.7. The predicted molar refractivity (Wildman–Crippen MR) is 81.4 cm³/mol. The molecule has 0 atom stereocenters. The summed E-state index contributed by atoms with van der Waals surface area (Å²) in [7, 11) is 0. The predicted octanol–water partition coefficient (Wildman–Crippen LogP) is 3.27. The van der Waals surface area contributed by atoms with Crippen LogP contribution < -0.4 is 10.5 Å². The van der Waals surface area contributed by atoms with E-state index in [9.17, 15) is 0 Å². The van der Waals surface area contributed by atoms with Gasteiger partial charge in [0.1, 0.15) is 0 Å². The number of nitrogens with zero attached hydrogens (tertiary/aromatic N) is 1. The molecule has 92 valence electrons. The van der Waals surface area contributed by atoms with E-state index in [0.29, 0.717) is 23.6 Å². The highest BCUT2D eigenvalue weighted by Gasteiger charge is 2.08. The molecule has 0 heterocycles. The molecule has 5 heteroatoms. The Morgan fingerprint density at radius 1 is 1.53 bits per heavy atom. The molecule has 0 aliphatic heterocycles. The minimum absolute atomic E-state index is 0.539. The SMILES string of the molecule is CCSCCCOc1c(N)cc(C#N)cc1I. The first-order valence-electron chi connectivity index (χ1n) is 5.38. The molecule has 1 rings (SSSR count). The van der Waals surface area contributed by atoms with Crippen molar-refractivity contribution in [1.29, 1.82) is 5.26 Å². The van der Waals surface area contributed by atoms with E-state index in [1.54, 1.807) is 12.1 Å². The summed E-state index contributed by atoms with van der Waals surface area (Å²) in [5.74, 6) is 2.94. The van der Waals surface area contributed by atoms with Crippen LogP contribution in [0.5, 0.6) is 5.75 Å². The molecule has 0 aliphatic carbocycles. The second-order valence-electron chi connectivity index (χ2n) is 3.39. The number of hydrogen-bond acceptors (Lipinski definition) is 4. The second kappa shape index (κ2) is 7.67. The minimum atomic E-state index is 0.539. The van der Waals surface area contributed by atoms with Gasteiger partial charge in [0, 0.05) is 0 Å². The molecule has 0 saturated heterocycles. The molecule has 0 unspecified atom stereocenters. The van der Waals surface area contributed by atoms with E-state index in [2.05, 4.69) is 35.6 Å². The number of thioether (sulfide) groups is 1. The second-order valence-corrected chi connectivity index (χ2v) is 5.94. The van der Waals surface area contributed by atoms with Crippen LogP contribution in [0.2, 0.25) is 0 Å². The molecule has 1 aromatic carbocycles. The van der Waals surface area contributed by atoms with Crippen LogP contribution in [-0.4, -0.2) is 18.1 Å². The fourth-order valence-corrected chi connectivity index (χ4v) is 2.72. The van der Waals surface area contributed by atoms with Crippen molar-refractivity contribution in [3.63, 3.8) is 0 Å². The van der Waals surface area contributed by atoms with Gasteiger partial charge >= 0.3 is 0 Å². The van der Waals surface area contributed by atoms with E-state index in [4.69, 9.17) is 15.7 Å². The Balaban J connectivity index is 2.57. The average molecular weight is 362 g/mol. The third-order valence-corrected chi connectivity index (χ3v) is 3.87. The molecule has 1 aromatic rings. The molecule has 0 fully saturated rings. The molecule has 17 heavy (non-hydrogen) atoms. The standard InChI is InChI=1S/C12H15IN2OS/c1-2-17-5-3-4-16-12-10(13)6-9(8-14)7-11(12)15/h6-7H,2-5,15H2,1H3. The maximum atomic E-state index is 8.80. The third-order valence-electron chi connectivity index (χ3n) is 2.08. The van der Waals surface area contributed by atoms with Gasteiger partial charge in [-0.2, -0.15) is 17.0 Å². The van der Waals surface area contributed by atoms with Crippen LogP contribution in [0, 0.1) is 14.9 Å². The Hall–Kier alpha value is -0.610. The highest BCUT2D eigenvalue weighted by Crippen LogP contribution is 2.29. The number of anilines is 1. The summed E-state index contributed by atoms with van der Waals surface area (Å²) in [4.78, 5) is 0. The summed E-state index contributed by atoms with van der Waals surface area (Å²) in [6, 6.07) is 5.51. The van der Waals surface area contributed by atoms with Crippen molar-refractivity contribution >= 4 is 40.0 Å². The summed E-state index contributed by atoms with van der Waals surface area (Å²) < 4.78 is 6.55. The van der Waals surface area contributed by atoms with Crippen molar-refractivity contribution in [3.05, 3.63) is 21.3 Å². The topological polar surface area (TPSA) is 59.0 Å². The zero-order valence-electron chi connectivity index (χ0n) is 9.70. The van der Waals surface area contributed by atoms with Gasteiger partial charge < -0.3 is 10.5 Å². The Bertz CT molecular complexity index is 394. The van der Waals surface area contributed by atoms with Crippen molar-refractivity contribution in [2.75, 3.05) is 23.8 Å². The van der Waals surface area contributed by atoms with Gasteiger partial charge in [0.15, 0.2) is 5.75 Å². The Labute approximate surface area is 120 Å². The number of ether oxygens (including phenoxy) is 1. The van der Waals surface area contributed by atoms with Crippen LogP contribution in [0.1, 0.15) is 18.9 Å². The van der Waals surface area contributed by atoms with Crippen molar-refractivity contribution in [1.82, 2.24) is 0 Å². The van der Waals surface area contributed by atoms with Crippen LogP contribution in [-0.2, 0) is 0 Å². The van der Waals surface area contributed by atoms with E-state index in [-0.39, 0.29) is 0 Å². The maximum Gasteiger partial charge on any atom is 0.155 e. The van der Waals surface area contributed by atoms with Crippen molar-refractivity contribution in [2.24, 2.45) is 0 Å². The molecule has 3 nitrogen and oxygen atoms in total. The number of halogens is 1. The number of hydrogen-bond donors (Lipinski definition) is 1. The molecule has 0 saturated carbocycles. The summed E-state index contributed by atoms with van der Waals surface area (Å²) in [6.45, 7) is 2.81. The first-order chi connectivity index (χ1) is 8.19. The molecule has 2 N–H and O–H groups in total. The smallest absolute Gasteiger partial charge is 0.155 e. The first kappa shape index (κ1) is 14.5. The maximum absolute atomic E-state index is 8.80. The normalized spacial score (nSPS) is 9.94. The van der Waals surface area contributed by atoms with Crippen LogP contribution in [0.4, 0.5) is 5.69 Å². The fourth-order valence-electron chi connectivity index (χ4n) is 1.31. The highest BCUT2D eigenvalue weighted by atomic mass is 127. The van der Waals surface area contributed by atoms with Crippen molar-refractivity contribution < 1.29 is 4.74 Å². The van der Waals surface area contributed by atoms with Gasteiger partial charge in [0.25, 0.3) is 0 Å². The van der Waals surface area contributed by atoms with Gasteiger partial charge in [-0.1, -0.05) is 6.92 Å². The lowest BCUT2D eigenvalue weighted by Crippen LogP contribution is -2.03. The first-order valence-corrected chi connectivity index (χ1v) is 7.62. The van der Waals surface area contributed by atoms with E-state index in [0.717, 1.165) is 21.5 Å². The summed E-state index contributed by atoms with van der Waals surface area (Å²) in [5.41, 5.74) is 6.96. The van der Waals surface area contributed by atoms with Gasteiger partial charge in [-0.05, 0) is 52.7 Å². The lowest BCUT2D eigenvalue weighted by molar-refractivity contribution is 0.318. The third kappa shape index (κ3) is 4.64. The Morgan fingerprint density at radius 3 is 2.88 bits per heavy atom. The molecular formula is C12H15IN2OS. The summed E-state index contributed by atoms with van der Waals surface area (Å²) in [6.07, 6.45) is 1.01. The largest absolute Gasteiger partial charge is 0.490 e. The van der Waals surface area contributed by atoms with Gasteiger partial charge in [-0.3, -0.25) is 0 Å². The molecule has 0 bridgehead atoms. The number of nitriles is 1. The molecule has 0 spiro atoms. The van der Waals surface area contributed by atoms with Crippen molar-refractivity contribution in [3.8, 4) is 11.8 Å². The lowest BCUT2D eigenvalue weighted by Gasteiger charge is -2.11. The van der Waals surface area contributed by atoms with Crippen LogP contribution in [0.15, 0.2) is 12.1 Å². The average Bonchev–Trinajstić information content (AvgIpc) is 2.31. The quantitative estimate of drug-likeness (QED) is 0.479. The zero-order chi connectivity index (χ0) is 12.7. The number of rotatable bonds is 6. The molecule has 0 radical (unpaired) electrons. The van der Waals surface area contributed by atoms with E-state index in [1.807, 2.05) is 11.8 Å². The van der Waals surface area contributed by atoms with Crippen LogP contribution in [0.25, 0.3) is 0 Å². The van der Waals surface area contributed by atoms with E-state index < -0.39 is 0 Å². The van der Waals surface area contributed by atoms with E-state index in [1.165, 1.54) is 0 Å². The van der Waals surface area contributed by atoms with Crippen molar-refractivity contribution in [2.45, 2.75) is 13.3 Å². The van der Waals surface area contributed by atoms with Gasteiger partial charge in [-0.25, -0.2) is 0 Å². The van der Waals surface area contributed by atoms with Gasteiger partial charge in [-0.15, -0.1) is 0 Å². The van der Waals surface area contributed by atoms with Crippen LogP contribution >= 0.6 is 34.4 Å². The molecule has 0 amide bonds. The fraction of sp³-hybridized carbons (Fsp3) is 0.417. The number of benzene rings is 1. The van der Waals surface area contributed by atoms with Crippen LogP contribution in [0.3, 0.4) is 0 Å². The molecule has 0 aliphatic rings. The lowest BCUT2D eigenvalue weighted by atomic mass is 10.2. The van der Waals surface area contributed by atoms with Gasteiger partial charge in [0.05, 0.1) is 27.5 Å². The number of nitrogen functional groups attached to an aromatic ring is 1. The van der Waals surface area contributed by atoms with E-state index >= 15 is 0 Å². The molecule has 0 aromatic heterocycles. The summed E-state index contributed by atoms with van der Waals surface area (Å²) >= 11 is 4.04. The minimum Gasteiger partial charge on any atom is -0.490 e. The number of nitrogens with two attached hydrogens (primary N) is 1.